The second-order valence-electron chi connectivity index (χ2n) is 4.96. The molecule has 0 spiro atoms. The van der Waals surface area contributed by atoms with E-state index in [1.54, 1.807) is 6.07 Å². The number of nitrogens with one attached hydrogen (secondary N) is 1. The van der Waals surface area contributed by atoms with Gasteiger partial charge >= 0.3 is 0 Å². The van der Waals surface area contributed by atoms with Crippen molar-refractivity contribution < 1.29 is 8.42 Å². The average molecular weight is 278 g/mol. The molecular formula is C12H14N4O2S. The largest absolute Gasteiger partial charge is 0.316 e. The lowest BCUT2D eigenvalue weighted by Gasteiger charge is -2.17. The van der Waals surface area contributed by atoms with Gasteiger partial charge in [-0.2, -0.15) is 9.57 Å². The Bertz CT molecular complexity index is 625. The van der Waals surface area contributed by atoms with Crippen LogP contribution in [0.3, 0.4) is 0 Å². The van der Waals surface area contributed by atoms with Crippen LogP contribution < -0.4 is 5.32 Å². The first-order chi connectivity index (χ1) is 9.13. The summed E-state index contributed by atoms with van der Waals surface area (Å²) in [5.41, 5.74) is -0.0299. The molecule has 100 valence electrons. The van der Waals surface area contributed by atoms with Crippen LogP contribution in [0.4, 0.5) is 0 Å². The zero-order valence-electron chi connectivity index (χ0n) is 10.3. The molecule has 2 atom stereocenters. The summed E-state index contributed by atoms with van der Waals surface area (Å²) >= 11 is 0. The fraction of sp³-hybridized carbons (Fsp3) is 0.500. The number of pyridine rings is 1. The van der Waals surface area contributed by atoms with Crippen molar-refractivity contribution in [2.24, 2.45) is 11.8 Å². The van der Waals surface area contributed by atoms with Gasteiger partial charge in [0.25, 0.3) is 0 Å². The summed E-state index contributed by atoms with van der Waals surface area (Å²) in [7, 11) is -3.60. The number of hydrogen-bond acceptors (Lipinski definition) is 5. The molecule has 0 amide bonds. The molecule has 19 heavy (non-hydrogen) atoms. The normalized spacial score (nSPS) is 27.1. The summed E-state index contributed by atoms with van der Waals surface area (Å²) in [5, 5.41) is 12.3. The second-order valence-corrected chi connectivity index (χ2v) is 6.87. The molecule has 0 aliphatic carbocycles. The third-order valence-corrected chi connectivity index (χ3v) is 5.71. The highest BCUT2D eigenvalue weighted by Gasteiger charge is 2.42. The highest BCUT2D eigenvalue weighted by Crippen LogP contribution is 2.31. The molecule has 0 radical (unpaired) electrons. The zero-order chi connectivity index (χ0) is 13.5. The van der Waals surface area contributed by atoms with Gasteiger partial charge in [0.05, 0.1) is 0 Å². The third-order valence-electron chi connectivity index (χ3n) is 3.85. The number of nitriles is 1. The van der Waals surface area contributed by atoms with Crippen LogP contribution in [0.15, 0.2) is 23.2 Å². The quantitative estimate of drug-likeness (QED) is 0.809. The Morgan fingerprint density at radius 2 is 2.05 bits per heavy atom. The Hall–Kier alpha value is -1.49. The lowest BCUT2D eigenvalue weighted by atomic mass is 10.0. The topological polar surface area (TPSA) is 86.1 Å². The Balaban J connectivity index is 1.94. The van der Waals surface area contributed by atoms with Crippen LogP contribution in [0.2, 0.25) is 0 Å². The molecule has 2 aliphatic rings. The van der Waals surface area contributed by atoms with E-state index in [4.69, 9.17) is 5.26 Å². The molecule has 1 N–H and O–H groups in total. The van der Waals surface area contributed by atoms with E-state index in [2.05, 4.69) is 10.3 Å². The number of rotatable bonds is 2. The van der Waals surface area contributed by atoms with E-state index in [0.29, 0.717) is 24.9 Å². The van der Waals surface area contributed by atoms with Gasteiger partial charge in [0.2, 0.25) is 10.0 Å². The summed E-state index contributed by atoms with van der Waals surface area (Å²) < 4.78 is 26.6. The first-order valence-electron chi connectivity index (χ1n) is 6.19. The maximum Gasteiger partial charge on any atom is 0.245 e. The molecular weight excluding hydrogens is 264 g/mol. The molecule has 0 unspecified atom stereocenters. The van der Waals surface area contributed by atoms with Crippen molar-refractivity contribution in [1.29, 1.82) is 5.26 Å². The fourth-order valence-corrected chi connectivity index (χ4v) is 4.48. The molecule has 0 bridgehead atoms. The second kappa shape index (κ2) is 4.56. The first-order valence-corrected chi connectivity index (χ1v) is 7.63. The van der Waals surface area contributed by atoms with Gasteiger partial charge in [0, 0.05) is 19.3 Å². The van der Waals surface area contributed by atoms with E-state index in [0.717, 1.165) is 13.1 Å². The van der Waals surface area contributed by atoms with E-state index in [9.17, 15) is 8.42 Å². The molecule has 2 fully saturated rings. The SMILES string of the molecule is N#Cc1ncccc1S(=O)(=O)N1C[C@H]2CNC[C@H]2C1. The summed E-state index contributed by atoms with van der Waals surface area (Å²) in [6, 6.07) is 4.85. The standard InChI is InChI=1S/C12H14N4O2S/c13-4-11-12(2-1-3-15-11)19(17,18)16-7-9-5-14-6-10(9)8-16/h1-3,9-10,14H,5-8H2/t9-,10+. The smallest absolute Gasteiger partial charge is 0.245 e. The summed E-state index contributed by atoms with van der Waals surface area (Å²) in [5.74, 6) is 0.772. The van der Waals surface area contributed by atoms with Crippen molar-refractivity contribution in [1.82, 2.24) is 14.6 Å². The molecule has 7 heteroatoms. The van der Waals surface area contributed by atoms with Crippen LogP contribution in [-0.4, -0.2) is 43.9 Å². The van der Waals surface area contributed by atoms with E-state index >= 15 is 0 Å². The maximum atomic E-state index is 12.6. The molecule has 1 aromatic rings. The van der Waals surface area contributed by atoms with Gasteiger partial charge in [0.15, 0.2) is 5.69 Å². The van der Waals surface area contributed by atoms with Gasteiger partial charge in [-0.3, -0.25) is 0 Å². The van der Waals surface area contributed by atoms with Crippen LogP contribution in [0.5, 0.6) is 0 Å². The van der Waals surface area contributed by atoms with Gasteiger partial charge in [-0.25, -0.2) is 13.4 Å². The number of fused-ring (bicyclic) bond motifs is 1. The molecule has 2 saturated heterocycles. The summed E-state index contributed by atoms with van der Waals surface area (Å²) in [4.78, 5) is 3.85. The van der Waals surface area contributed by atoms with E-state index in [-0.39, 0.29) is 10.6 Å². The van der Waals surface area contributed by atoms with Crippen LogP contribution in [0.25, 0.3) is 0 Å². The van der Waals surface area contributed by atoms with Gasteiger partial charge in [0.1, 0.15) is 11.0 Å². The Kier molecular flexibility index (Phi) is 3.01. The molecule has 2 aliphatic heterocycles. The van der Waals surface area contributed by atoms with Crippen molar-refractivity contribution in [2.75, 3.05) is 26.2 Å². The van der Waals surface area contributed by atoms with Crippen LogP contribution >= 0.6 is 0 Å². The number of sulfonamides is 1. The van der Waals surface area contributed by atoms with E-state index in [1.807, 2.05) is 6.07 Å². The first kappa shape index (κ1) is 12.5. The van der Waals surface area contributed by atoms with E-state index in [1.165, 1.54) is 16.6 Å². The minimum absolute atomic E-state index is 0.0189. The van der Waals surface area contributed by atoms with Gasteiger partial charge < -0.3 is 5.32 Å². The highest BCUT2D eigenvalue weighted by molar-refractivity contribution is 7.89. The monoisotopic (exact) mass is 278 g/mol. The average Bonchev–Trinajstić information content (AvgIpc) is 2.99. The molecule has 3 rings (SSSR count). The minimum atomic E-state index is -3.60. The molecule has 6 nitrogen and oxygen atoms in total. The predicted octanol–water partition coefficient (Wildman–Crippen LogP) is -0.207. The summed E-state index contributed by atoms with van der Waals surface area (Å²) in [6.45, 7) is 2.79. The van der Waals surface area contributed by atoms with Crippen molar-refractivity contribution in [2.45, 2.75) is 4.90 Å². The molecule has 3 heterocycles. The lowest BCUT2D eigenvalue weighted by Crippen LogP contribution is -2.32. The van der Waals surface area contributed by atoms with Crippen molar-refractivity contribution in [3.05, 3.63) is 24.0 Å². The summed E-state index contributed by atoms with van der Waals surface area (Å²) in [6.07, 6.45) is 1.43. The van der Waals surface area contributed by atoms with Crippen LogP contribution in [0, 0.1) is 23.2 Å². The predicted molar refractivity (Wildman–Crippen MR) is 67.6 cm³/mol. The van der Waals surface area contributed by atoms with Crippen molar-refractivity contribution in [3.8, 4) is 6.07 Å². The van der Waals surface area contributed by atoms with Crippen molar-refractivity contribution >= 4 is 10.0 Å². The molecule has 0 aromatic carbocycles. The van der Waals surface area contributed by atoms with Gasteiger partial charge in [-0.15, -0.1) is 0 Å². The zero-order valence-corrected chi connectivity index (χ0v) is 11.1. The number of nitrogens with zero attached hydrogens (tertiary/aromatic N) is 3. The third kappa shape index (κ3) is 2.02. The molecule has 1 aromatic heterocycles. The Morgan fingerprint density at radius 3 is 2.68 bits per heavy atom. The Labute approximate surface area is 112 Å². The number of hydrogen-bond donors (Lipinski definition) is 1. The maximum absolute atomic E-state index is 12.6. The van der Waals surface area contributed by atoms with Crippen molar-refractivity contribution in [3.63, 3.8) is 0 Å². The Morgan fingerprint density at radius 1 is 1.37 bits per heavy atom. The van der Waals surface area contributed by atoms with Crippen LogP contribution in [0.1, 0.15) is 5.69 Å². The fourth-order valence-electron chi connectivity index (χ4n) is 2.83. The van der Waals surface area contributed by atoms with Crippen LogP contribution in [-0.2, 0) is 10.0 Å². The van der Waals surface area contributed by atoms with Gasteiger partial charge in [-0.1, -0.05) is 0 Å². The highest BCUT2D eigenvalue weighted by atomic mass is 32.2. The number of aromatic nitrogens is 1. The minimum Gasteiger partial charge on any atom is -0.316 e. The lowest BCUT2D eigenvalue weighted by molar-refractivity contribution is 0.447. The van der Waals surface area contributed by atoms with Gasteiger partial charge in [-0.05, 0) is 37.1 Å². The van der Waals surface area contributed by atoms with E-state index < -0.39 is 10.0 Å². The molecule has 0 saturated carbocycles.